The predicted molar refractivity (Wildman–Crippen MR) is 90.2 cm³/mol. The minimum absolute atomic E-state index is 0. The molecule has 108 valence electrons. The molecule has 0 amide bonds. The highest BCUT2D eigenvalue weighted by Gasteiger charge is 2.02. The van der Waals surface area contributed by atoms with E-state index in [4.69, 9.17) is 5.73 Å². The summed E-state index contributed by atoms with van der Waals surface area (Å²) < 4.78 is 0. The van der Waals surface area contributed by atoms with E-state index in [9.17, 15) is 4.79 Å². The number of hydrogen-bond donors (Lipinski definition) is 2. The number of rotatable bonds is 2. The van der Waals surface area contributed by atoms with Crippen LogP contribution in [-0.4, -0.2) is 4.98 Å². The van der Waals surface area contributed by atoms with Gasteiger partial charge in [0, 0.05) is 22.7 Å². The van der Waals surface area contributed by atoms with Crippen LogP contribution in [0.5, 0.6) is 0 Å². The lowest BCUT2D eigenvalue weighted by molar-refractivity contribution is 1.19. The van der Waals surface area contributed by atoms with Gasteiger partial charge in [0.05, 0.1) is 0 Å². The number of aryl methyl sites for hydroxylation is 1. The van der Waals surface area contributed by atoms with Gasteiger partial charge in [-0.3, -0.25) is 4.79 Å². The normalized spacial score (nSPS) is 10.3. The zero-order valence-electron chi connectivity index (χ0n) is 11.7. The number of benzene rings is 2. The van der Waals surface area contributed by atoms with Gasteiger partial charge in [-0.15, -0.1) is 12.4 Å². The second-order valence-corrected chi connectivity index (χ2v) is 5.11. The second-order valence-electron chi connectivity index (χ2n) is 5.11. The highest BCUT2D eigenvalue weighted by Crippen LogP contribution is 2.19. The minimum Gasteiger partial charge on any atom is -0.399 e. The van der Waals surface area contributed by atoms with Crippen LogP contribution >= 0.6 is 12.4 Å². The largest absolute Gasteiger partial charge is 0.399 e. The van der Waals surface area contributed by atoms with Gasteiger partial charge in [-0.05, 0) is 54.3 Å². The van der Waals surface area contributed by atoms with Crippen LogP contribution in [0.1, 0.15) is 16.7 Å². The average molecular weight is 301 g/mol. The summed E-state index contributed by atoms with van der Waals surface area (Å²) in [5.74, 6) is 0. The molecule has 3 aromatic rings. The fourth-order valence-electron chi connectivity index (χ4n) is 2.45. The van der Waals surface area contributed by atoms with Crippen molar-refractivity contribution in [3.8, 4) is 0 Å². The van der Waals surface area contributed by atoms with Gasteiger partial charge in [0.15, 0.2) is 0 Å². The lowest BCUT2D eigenvalue weighted by atomic mass is 10.0. The summed E-state index contributed by atoms with van der Waals surface area (Å²) in [7, 11) is 0. The predicted octanol–water partition coefficient (Wildman–Crippen LogP) is 3.43. The third kappa shape index (κ3) is 3.26. The number of nitrogens with two attached hydrogens (primary N) is 1. The van der Waals surface area contributed by atoms with E-state index >= 15 is 0 Å². The molecule has 0 aliphatic rings. The number of nitrogens with one attached hydrogen (secondary N) is 1. The van der Waals surface area contributed by atoms with Crippen molar-refractivity contribution in [3.05, 3.63) is 75.6 Å². The van der Waals surface area contributed by atoms with Crippen molar-refractivity contribution < 1.29 is 0 Å². The maximum Gasteiger partial charge on any atom is 0.248 e. The molecule has 0 saturated carbocycles. The summed E-state index contributed by atoms with van der Waals surface area (Å²) in [4.78, 5) is 14.3. The van der Waals surface area contributed by atoms with E-state index in [1.807, 2.05) is 43.3 Å². The van der Waals surface area contributed by atoms with Gasteiger partial charge in [-0.25, -0.2) is 0 Å². The van der Waals surface area contributed by atoms with E-state index in [1.165, 1.54) is 11.1 Å². The molecule has 0 radical (unpaired) electrons. The highest BCUT2D eigenvalue weighted by atomic mass is 35.5. The first kappa shape index (κ1) is 15.1. The lowest BCUT2D eigenvalue weighted by Crippen LogP contribution is -2.05. The number of H-pyrrole nitrogens is 1. The van der Waals surface area contributed by atoms with Crippen LogP contribution in [0.4, 0.5) is 5.69 Å². The first-order valence-electron chi connectivity index (χ1n) is 6.59. The Morgan fingerprint density at radius 3 is 2.38 bits per heavy atom. The van der Waals surface area contributed by atoms with Gasteiger partial charge in [-0.2, -0.15) is 0 Å². The number of anilines is 1. The molecule has 0 atom stereocenters. The molecule has 3 N–H and O–H groups in total. The molecule has 0 aliphatic heterocycles. The van der Waals surface area contributed by atoms with Crippen LogP contribution in [0.3, 0.4) is 0 Å². The van der Waals surface area contributed by atoms with E-state index in [0.717, 1.165) is 28.6 Å². The standard InChI is InChI=1S/C17H16N2O.ClH/c1-11-8-17(20)19-16-7-4-13(10-15(11)16)9-12-2-5-14(18)6-3-12;/h2-8,10H,9,18H2,1H3,(H,19,20);1H. The first-order chi connectivity index (χ1) is 9.61. The molecule has 4 heteroatoms. The minimum atomic E-state index is -0.0544. The molecule has 0 unspecified atom stereocenters. The van der Waals surface area contributed by atoms with Crippen LogP contribution in [0.2, 0.25) is 0 Å². The second kappa shape index (κ2) is 6.02. The Bertz CT molecular complexity index is 822. The smallest absolute Gasteiger partial charge is 0.248 e. The fraction of sp³-hybridized carbons (Fsp3) is 0.118. The Morgan fingerprint density at radius 1 is 1.00 bits per heavy atom. The Labute approximate surface area is 129 Å². The zero-order valence-corrected chi connectivity index (χ0v) is 12.5. The molecule has 1 aromatic heterocycles. The van der Waals surface area contributed by atoms with Crippen molar-refractivity contribution in [2.24, 2.45) is 0 Å². The first-order valence-corrected chi connectivity index (χ1v) is 6.59. The molecule has 2 aromatic carbocycles. The van der Waals surface area contributed by atoms with Crippen molar-refractivity contribution in [1.82, 2.24) is 4.98 Å². The summed E-state index contributed by atoms with van der Waals surface area (Å²) in [6.07, 6.45) is 0.856. The average Bonchev–Trinajstić information content (AvgIpc) is 2.42. The molecule has 0 fully saturated rings. The lowest BCUT2D eigenvalue weighted by Gasteiger charge is -2.06. The molecule has 21 heavy (non-hydrogen) atoms. The van der Waals surface area contributed by atoms with E-state index in [-0.39, 0.29) is 18.0 Å². The molecule has 0 aliphatic carbocycles. The van der Waals surface area contributed by atoms with Crippen molar-refractivity contribution >= 4 is 29.0 Å². The van der Waals surface area contributed by atoms with Gasteiger partial charge in [0.2, 0.25) is 5.56 Å². The monoisotopic (exact) mass is 300 g/mol. The maximum absolute atomic E-state index is 11.4. The third-order valence-corrected chi connectivity index (χ3v) is 3.50. The van der Waals surface area contributed by atoms with Crippen LogP contribution in [0.25, 0.3) is 10.9 Å². The van der Waals surface area contributed by atoms with Crippen molar-refractivity contribution in [2.75, 3.05) is 5.73 Å². The number of nitrogen functional groups attached to an aromatic ring is 1. The summed E-state index contributed by atoms with van der Waals surface area (Å²) in [5.41, 5.74) is 10.7. The molecule has 1 heterocycles. The SMILES string of the molecule is Cc1cc(=O)[nH]c2ccc(Cc3ccc(N)cc3)cc12.Cl. The molecular formula is C17H17ClN2O. The van der Waals surface area contributed by atoms with Crippen molar-refractivity contribution in [3.63, 3.8) is 0 Å². The summed E-state index contributed by atoms with van der Waals surface area (Å²) in [6.45, 7) is 1.96. The molecule has 0 spiro atoms. The Hall–Kier alpha value is -2.26. The van der Waals surface area contributed by atoms with Crippen LogP contribution in [-0.2, 0) is 6.42 Å². The summed E-state index contributed by atoms with van der Waals surface area (Å²) in [5, 5.41) is 1.09. The van der Waals surface area contributed by atoms with Crippen LogP contribution < -0.4 is 11.3 Å². The maximum atomic E-state index is 11.4. The quantitative estimate of drug-likeness (QED) is 0.712. The number of pyridine rings is 1. The van der Waals surface area contributed by atoms with Crippen LogP contribution in [0, 0.1) is 6.92 Å². The van der Waals surface area contributed by atoms with Gasteiger partial charge in [0.25, 0.3) is 0 Å². The number of halogens is 1. The number of aromatic nitrogens is 1. The Kier molecular flexibility index (Phi) is 4.34. The summed E-state index contributed by atoms with van der Waals surface area (Å²) >= 11 is 0. The molecule has 0 saturated heterocycles. The number of fused-ring (bicyclic) bond motifs is 1. The zero-order chi connectivity index (χ0) is 14.1. The topological polar surface area (TPSA) is 58.9 Å². The van der Waals surface area contributed by atoms with Gasteiger partial charge in [-0.1, -0.05) is 18.2 Å². The molecule has 3 rings (SSSR count). The highest BCUT2D eigenvalue weighted by molar-refractivity contribution is 5.85. The van der Waals surface area contributed by atoms with Gasteiger partial charge >= 0.3 is 0 Å². The van der Waals surface area contributed by atoms with Gasteiger partial charge < -0.3 is 10.7 Å². The van der Waals surface area contributed by atoms with Crippen molar-refractivity contribution in [2.45, 2.75) is 13.3 Å². The van der Waals surface area contributed by atoms with Crippen molar-refractivity contribution in [1.29, 1.82) is 0 Å². The number of hydrogen-bond acceptors (Lipinski definition) is 2. The fourth-order valence-corrected chi connectivity index (χ4v) is 2.45. The molecule has 0 bridgehead atoms. The van der Waals surface area contributed by atoms with E-state index in [0.29, 0.717) is 0 Å². The molecular weight excluding hydrogens is 284 g/mol. The van der Waals surface area contributed by atoms with E-state index < -0.39 is 0 Å². The third-order valence-electron chi connectivity index (χ3n) is 3.50. The summed E-state index contributed by atoms with van der Waals surface area (Å²) in [6, 6.07) is 15.7. The Morgan fingerprint density at radius 2 is 1.67 bits per heavy atom. The van der Waals surface area contributed by atoms with E-state index in [2.05, 4.69) is 11.1 Å². The van der Waals surface area contributed by atoms with Crippen LogP contribution in [0.15, 0.2) is 53.3 Å². The van der Waals surface area contributed by atoms with E-state index in [1.54, 1.807) is 6.07 Å². The molecule has 3 nitrogen and oxygen atoms in total. The number of aromatic amines is 1. The Balaban J connectivity index is 0.00000161. The van der Waals surface area contributed by atoms with Gasteiger partial charge in [0.1, 0.15) is 0 Å².